The molecule has 0 heterocycles. The molecule has 0 atom stereocenters. The average molecular weight is 242 g/mol. The highest BCUT2D eigenvalue weighted by molar-refractivity contribution is 7.86. The lowest BCUT2D eigenvalue weighted by molar-refractivity contribution is 0.414. The molecule has 0 saturated carbocycles. The first-order valence-corrected chi connectivity index (χ1v) is 6.44. The van der Waals surface area contributed by atoms with Gasteiger partial charge in [0.2, 0.25) is 0 Å². The molecule has 0 bridgehead atoms. The Morgan fingerprint density at radius 1 is 1.25 bits per heavy atom. The molecule has 1 rings (SSSR count). The number of ether oxygens (including phenoxy) is 1. The molecule has 0 N–H and O–H groups in total. The van der Waals surface area contributed by atoms with Crippen LogP contribution in [0.2, 0.25) is 0 Å². The monoisotopic (exact) mass is 242 g/mol. The van der Waals surface area contributed by atoms with E-state index in [2.05, 4.69) is 0 Å². The average Bonchev–Trinajstić information content (AvgIpc) is 2.16. The van der Waals surface area contributed by atoms with Crippen LogP contribution in [-0.4, -0.2) is 21.8 Å². The van der Waals surface area contributed by atoms with E-state index in [-0.39, 0.29) is 0 Å². The molecule has 0 aromatic heterocycles. The van der Waals surface area contributed by atoms with Gasteiger partial charge in [0.15, 0.2) is 0 Å². The topological polar surface area (TPSA) is 52.6 Å². The number of rotatable bonds is 4. The smallest absolute Gasteiger partial charge is 0.305 e. The summed E-state index contributed by atoms with van der Waals surface area (Å²) < 4.78 is 31.4. The standard InChI is InChI=1S/C11H14O4S/c1-9(15-16(3,12)13)8-10-4-6-11(14-2)7-5-10/h4-8H,1-3H3/b9-8+. The van der Waals surface area contributed by atoms with Crippen molar-refractivity contribution in [1.82, 2.24) is 0 Å². The van der Waals surface area contributed by atoms with Crippen LogP contribution in [0.15, 0.2) is 30.0 Å². The number of hydrogen-bond donors (Lipinski definition) is 0. The second-order valence-corrected chi connectivity index (χ2v) is 4.89. The van der Waals surface area contributed by atoms with Crippen LogP contribution in [0.3, 0.4) is 0 Å². The summed E-state index contributed by atoms with van der Waals surface area (Å²) in [6.45, 7) is 1.59. The van der Waals surface area contributed by atoms with Gasteiger partial charge in [-0.15, -0.1) is 0 Å². The second kappa shape index (κ2) is 5.03. The van der Waals surface area contributed by atoms with Crippen LogP contribution in [0.1, 0.15) is 12.5 Å². The number of methoxy groups -OCH3 is 1. The van der Waals surface area contributed by atoms with Crippen molar-refractivity contribution in [2.24, 2.45) is 0 Å². The lowest BCUT2D eigenvalue weighted by atomic mass is 10.2. The van der Waals surface area contributed by atoms with Crippen molar-refractivity contribution in [2.45, 2.75) is 6.92 Å². The van der Waals surface area contributed by atoms with Crippen LogP contribution in [-0.2, 0) is 14.3 Å². The van der Waals surface area contributed by atoms with E-state index in [1.807, 2.05) is 12.1 Å². The van der Waals surface area contributed by atoms with Crippen LogP contribution in [0, 0.1) is 0 Å². The van der Waals surface area contributed by atoms with Gasteiger partial charge in [0.1, 0.15) is 11.5 Å². The fourth-order valence-corrected chi connectivity index (χ4v) is 1.72. The zero-order chi connectivity index (χ0) is 12.2. The zero-order valence-electron chi connectivity index (χ0n) is 9.43. The van der Waals surface area contributed by atoms with Crippen LogP contribution in [0.4, 0.5) is 0 Å². The van der Waals surface area contributed by atoms with Gasteiger partial charge in [0, 0.05) is 0 Å². The van der Waals surface area contributed by atoms with Crippen molar-refractivity contribution in [3.8, 4) is 5.75 Å². The van der Waals surface area contributed by atoms with E-state index in [0.717, 1.165) is 17.6 Å². The summed E-state index contributed by atoms with van der Waals surface area (Å²) in [7, 11) is -1.86. The van der Waals surface area contributed by atoms with Gasteiger partial charge >= 0.3 is 10.1 Å². The molecule has 0 radical (unpaired) electrons. The third-order valence-electron chi connectivity index (χ3n) is 1.77. The second-order valence-electron chi connectivity index (χ2n) is 3.32. The maximum Gasteiger partial charge on any atom is 0.305 e. The summed E-state index contributed by atoms with van der Waals surface area (Å²) in [6, 6.07) is 7.21. The van der Waals surface area contributed by atoms with Crippen molar-refractivity contribution in [1.29, 1.82) is 0 Å². The normalized spacial score (nSPS) is 12.3. The highest BCUT2D eigenvalue weighted by Crippen LogP contribution is 2.14. The van der Waals surface area contributed by atoms with Gasteiger partial charge < -0.3 is 8.92 Å². The molecule has 1 aromatic rings. The minimum Gasteiger partial charge on any atom is -0.497 e. The first kappa shape index (κ1) is 12.6. The molecule has 0 unspecified atom stereocenters. The predicted molar refractivity (Wildman–Crippen MR) is 62.6 cm³/mol. The molecular formula is C11H14O4S. The Hall–Kier alpha value is -1.49. The molecule has 88 valence electrons. The van der Waals surface area contributed by atoms with Gasteiger partial charge in [0.05, 0.1) is 13.4 Å². The van der Waals surface area contributed by atoms with Crippen LogP contribution >= 0.6 is 0 Å². The maximum atomic E-state index is 10.8. The molecule has 0 aliphatic carbocycles. The Morgan fingerprint density at radius 3 is 2.25 bits per heavy atom. The van der Waals surface area contributed by atoms with Crippen molar-refractivity contribution >= 4 is 16.2 Å². The molecular weight excluding hydrogens is 228 g/mol. The van der Waals surface area contributed by atoms with Gasteiger partial charge in [-0.3, -0.25) is 0 Å². The minimum absolute atomic E-state index is 0.327. The van der Waals surface area contributed by atoms with Crippen molar-refractivity contribution < 1.29 is 17.3 Å². The highest BCUT2D eigenvalue weighted by Gasteiger charge is 2.02. The van der Waals surface area contributed by atoms with Gasteiger partial charge in [-0.05, 0) is 30.7 Å². The van der Waals surface area contributed by atoms with Gasteiger partial charge in [-0.25, -0.2) is 0 Å². The quantitative estimate of drug-likeness (QED) is 0.599. The Kier molecular flexibility index (Phi) is 3.95. The Morgan fingerprint density at radius 2 is 1.81 bits per heavy atom. The molecule has 5 heteroatoms. The number of allylic oxidation sites excluding steroid dienone is 1. The number of benzene rings is 1. The zero-order valence-corrected chi connectivity index (χ0v) is 10.2. The van der Waals surface area contributed by atoms with E-state index in [1.165, 1.54) is 0 Å². The highest BCUT2D eigenvalue weighted by atomic mass is 32.2. The largest absolute Gasteiger partial charge is 0.497 e. The van der Waals surface area contributed by atoms with E-state index in [4.69, 9.17) is 8.92 Å². The van der Waals surface area contributed by atoms with Gasteiger partial charge in [-0.2, -0.15) is 8.42 Å². The summed E-state index contributed by atoms with van der Waals surface area (Å²) in [4.78, 5) is 0. The molecule has 0 fully saturated rings. The number of hydrogen-bond acceptors (Lipinski definition) is 4. The predicted octanol–water partition coefficient (Wildman–Crippen LogP) is 2.03. The van der Waals surface area contributed by atoms with E-state index >= 15 is 0 Å². The SMILES string of the molecule is COc1ccc(/C=C(\C)OS(C)(=O)=O)cc1. The molecule has 0 amide bonds. The van der Waals surface area contributed by atoms with Crippen molar-refractivity contribution in [2.75, 3.05) is 13.4 Å². The van der Waals surface area contributed by atoms with Crippen LogP contribution in [0.25, 0.3) is 6.08 Å². The molecule has 1 aromatic carbocycles. The lowest BCUT2D eigenvalue weighted by Gasteiger charge is -2.03. The van der Waals surface area contributed by atoms with E-state index in [1.54, 1.807) is 32.2 Å². The Labute approximate surface area is 95.6 Å². The summed E-state index contributed by atoms with van der Waals surface area (Å²) >= 11 is 0. The first-order chi connectivity index (χ1) is 7.40. The molecule has 0 aliphatic heterocycles. The third-order valence-corrected chi connectivity index (χ3v) is 2.33. The van der Waals surface area contributed by atoms with Crippen molar-refractivity contribution in [3.63, 3.8) is 0 Å². The molecule has 16 heavy (non-hydrogen) atoms. The molecule has 4 nitrogen and oxygen atoms in total. The lowest BCUT2D eigenvalue weighted by Crippen LogP contribution is -2.00. The molecule has 0 spiro atoms. The summed E-state index contributed by atoms with van der Waals surface area (Å²) in [5.74, 6) is 1.08. The molecule has 0 saturated heterocycles. The molecule has 0 aliphatic rings. The van der Waals surface area contributed by atoms with Gasteiger partial charge in [-0.1, -0.05) is 12.1 Å². The third kappa shape index (κ3) is 4.35. The Bertz CT molecular complexity index is 471. The fourth-order valence-electron chi connectivity index (χ4n) is 1.20. The maximum absolute atomic E-state index is 10.8. The fraction of sp³-hybridized carbons (Fsp3) is 0.273. The van der Waals surface area contributed by atoms with Crippen LogP contribution in [0.5, 0.6) is 5.75 Å². The Balaban J connectivity index is 2.82. The van der Waals surface area contributed by atoms with E-state index < -0.39 is 10.1 Å². The minimum atomic E-state index is -3.45. The van der Waals surface area contributed by atoms with E-state index in [9.17, 15) is 8.42 Å². The van der Waals surface area contributed by atoms with Crippen LogP contribution < -0.4 is 4.74 Å². The summed E-state index contributed by atoms with van der Waals surface area (Å²) in [6.07, 6.45) is 2.65. The first-order valence-electron chi connectivity index (χ1n) is 4.62. The van der Waals surface area contributed by atoms with Crippen molar-refractivity contribution in [3.05, 3.63) is 35.6 Å². The summed E-state index contributed by atoms with van der Waals surface area (Å²) in [5.41, 5.74) is 0.849. The summed E-state index contributed by atoms with van der Waals surface area (Å²) in [5, 5.41) is 0. The van der Waals surface area contributed by atoms with E-state index in [0.29, 0.717) is 5.76 Å². The van der Waals surface area contributed by atoms with Gasteiger partial charge in [0.25, 0.3) is 0 Å².